The van der Waals surface area contributed by atoms with Gasteiger partial charge in [0.1, 0.15) is 5.60 Å². The molecule has 0 saturated heterocycles. The minimum atomic E-state index is -0.599. The molecule has 0 saturated carbocycles. The summed E-state index contributed by atoms with van der Waals surface area (Å²) < 4.78 is 5.33. The predicted molar refractivity (Wildman–Crippen MR) is 141 cm³/mol. The van der Waals surface area contributed by atoms with Gasteiger partial charge in [0.15, 0.2) is 5.78 Å². The summed E-state index contributed by atoms with van der Waals surface area (Å²) in [7, 11) is 1.60. The fourth-order valence-electron chi connectivity index (χ4n) is 4.57. The van der Waals surface area contributed by atoms with E-state index in [0.29, 0.717) is 12.8 Å². The lowest BCUT2D eigenvalue weighted by Crippen LogP contribution is -2.42. The first-order valence-electron chi connectivity index (χ1n) is 12.6. The summed E-state index contributed by atoms with van der Waals surface area (Å²) >= 11 is 0. The quantitative estimate of drug-likeness (QED) is 0.494. The number of carbonyl (C=O) groups excluding carboxylic acids is 3. The molecule has 0 radical (unpaired) electrons. The fourth-order valence-corrected chi connectivity index (χ4v) is 4.57. The number of aromatic nitrogens is 2. The first-order chi connectivity index (χ1) is 17.6. The topological polar surface area (TPSA) is 104 Å². The summed E-state index contributed by atoms with van der Waals surface area (Å²) in [4.78, 5) is 47.2. The van der Waals surface area contributed by atoms with Crippen LogP contribution in [0.4, 0.5) is 4.79 Å². The van der Waals surface area contributed by atoms with E-state index in [1.54, 1.807) is 40.2 Å². The van der Waals surface area contributed by atoms with Crippen molar-refractivity contribution in [2.75, 3.05) is 13.6 Å². The zero-order valence-corrected chi connectivity index (χ0v) is 21.8. The molecule has 2 heterocycles. The van der Waals surface area contributed by atoms with Crippen LogP contribution in [0.15, 0.2) is 54.9 Å². The minimum Gasteiger partial charge on any atom is -0.444 e. The first-order valence-corrected chi connectivity index (χ1v) is 12.6. The van der Waals surface area contributed by atoms with Gasteiger partial charge in [-0.15, -0.1) is 0 Å². The molecule has 1 aliphatic rings. The lowest BCUT2D eigenvalue weighted by atomic mass is 9.87. The van der Waals surface area contributed by atoms with E-state index < -0.39 is 11.7 Å². The van der Waals surface area contributed by atoms with E-state index in [9.17, 15) is 14.4 Å². The molecule has 1 aliphatic carbocycles. The van der Waals surface area contributed by atoms with E-state index in [2.05, 4.69) is 27.4 Å². The number of hydrogen-bond donors (Lipinski definition) is 2. The van der Waals surface area contributed by atoms with Crippen molar-refractivity contribution in [1.82, 2.24) is 20.2 Å². The number of ketones is 1. The average Bonchev–Trinajstić information content (AvgIpc) is 3.21. The summed E-state index contributed by atoms with van der Waals surface area (Å²) in [5, 5.41) is 2.98. The van der Waals surface area contributed by atoms with Gasteiger partial charge in [0, 0.05) is 74.5 Å². The van der Waals surface area contributed by atoms with E-state index in [4.69, 9.17) is 4.74 Å². The van der Waals surface area contributed by atoms with Gasteiger partial charge in [-0.3, -0.25) is 14.6 Å². The number of Topliss-reactive ketones (excluding diaryl/α,β-unsaturated/α-hetero) is 1. The second kappa shape index (κ2) is 11.0. The van der Waals surface area contributed by atoms with Gasteiger partial charge in [-0.05, 0) is 44.0 Å². The van der Waals surface area contributed by atoms with Crippen LogP contribution in [-0.2, 0) is 22.4 Å². The molecule has 2 aromatic heterocycles. The van der Waals surface area contributed by atoms with Crippen LogP contribution in [0, 0.1) is 0 Å². The largest absolute Gasteiger partial charge is 0.444 e. The Labute approximate surface area is 217 Å². The molecule has 0 aliphatic heterocycles. The average molecular weight is 503 g/mol. The molecular formula is C29H34N4O4. The van der Waals surface area contributed by atoms with Crippen LogP contribution in [-0.4, -0.2) is 57.9 Å². The Kier molecular flexibility index (Phi) is 7.76. The van der Waals surface area contributed by atoms with E-state index in [0.717, 1.165) is 33.6 Å². The molecule has 0 bridgehead atoms. The van der Waals surface area contributed by atoms with Crippen LogP contribution >= 0.6 is 0 Å². The zero-order valence-electron chi connectivity index (χ0n) is 21.8. The monoisotopic (exact) mass is 502 g/mol. The highest BCUT2D eigenvalue weighted by Crippen LogP contribution is 2.34. The van der Waals surface area contributed by atoms with Crippen molar-refractivity contribution >= 4 is 17.8 Å². The number of H-pyrrole nitrogens is 1. The lowest BCUT2D eigenvalue weighted by molar-refractivity contribution is -0.122. The van der Waals surface area contributed by atoms with Gasteiger partial charge in [-0.2, -0.15) is 0 Å². The van der Waals surface area contributed by atoms with Gasteiger partial charge in [-0.25, -0.2) is 4.79 Å². The zero-order chi connectivity index (χ0) is 26.6. The Morgan fingerprint density at radius 3 is 2.49 bits per heavy atom. The molecule has 3 aromatic rings. The van der Waals surface area contributed by atoms with Gasteiger partial charge >= 0.3 is 6.09 Å². The maximum absolute atomic E-state index is 13.4. The number of amides is 2. The standard InChI is InChI=1S/C29H34N4O4/c1-29(2,3)37-28(36)33(4)15-12-25(35)31-21-17-23-26(24(34)18-21)22(16-19-8-6-5-7-9-19)27(32-23)20-10-13-30-14-11-20/h5-11,13-14,21,32H,12,15-18H2,1-4H3,(H,31,35). The number of hydrogen-bond acceptors (Lipinski definition) is 5. The summed E-state index contributed by atoms with van der Waals surface area (Å²) in [5.41, 5.74) is 4.94. The molecule has 4 rings (SSSR count). The van der Waals surface area contributed by atoms with Gasteiger partial charge in [0.2, 0.25) is 5.91 Å². The predicted octanol–water partition coefficient (Wildman–Crippen LogP) is 4.54. The third-order valence-electron chi connectivity index (χ3n) is 6.28. The second-order valence-electron chi connectivity index (χ2n) is 10.5. The minimum absolute atomic E-state index is 0.0138. The normalized spacial score (nSPS) is 15.1. The van der Waals surface area contributed by atoms with Crippen LogP contribution in [0.25, 0.3) is 11.3 Å². The van der Waals surface area contributed by atoms with Crippen LogP contribution in [0.5, 0.6) is 0 Å². The Morgan fingerprint density at radius 2 is 1.81 bits per heavy atom. The molecule has 1 unspecified atom stereocenters. The number of rotatable bonds is 7. The van der Waals surface area contributed by atoms with Gasteiger partial charge in [-0.1, -0.05) is 30.3 Å². The smallest absolute Gasteiger partial charge is 0.410 e. The second-order valence-corrected chi connectivity index (χ2v) is 10.5. The van der Waals surface area contributed by atoms with E-state index in [-0.39, 0.29) is 37.1 Å². The molecule has 37 heavy (non-hydrogen) atoms. The van der Waals surface area contributed by atoms with E-state index >= 15 is 0 Å². The SMILES string of the molecule is CN(CCC(=O)NC1CC(=O)c2c([nH]c(-c3ccncc3)c2Cc2ccccc2)C1)C(=O)OC(C)(C)C. The molecule has 8 nitrogen and oxygen atoms in total. The molecule has 0 spiro atoms. The number of benzene rings is 1. The summed E-state index contributed by atoms with van der Waals surface area (Å²) in [6, 6.07) is 13.6. The summed E-state index contributed by atoms with van der Waals surface area (Å²) in [6.07, 6.45) is 4.52. The number of fused-ring (bicyclic) bond motifs is 1. The van der Waals surface area contributed by atoms with Gasteiger partial charge < -0.3 is 19.9 Å². The summed E-state index contributed by atoms with van der Waals surface area (Å²) in [5.74, 6) is -0.193. The fraction of sp³-hybridized carbons (Fsp3) is 0.379. The van der Waals surface area contributed by atoms with Crippen LogP contribution < -0.4 is 5.32 Å². The lowest BCUT2D eigenvalue weighted by Gasteiger charge is -2.25. The Bertz CT molecular complexity index is 1260. The molecule has 1 atom stereocenters. The van der Waals surface area contributed by atoms with Gasteiger partial charge in [0.25, 0.3) is 0 Å². The Hall–Kier alpha value is -3.94. The van der Waals surface area contributed by atoms with Crippen LogP contribution in [0.2, 0.25) is 0 Å². The van der Waals surface area contributed by atoms with E-state index in [1.807, 2.05) is 30.3 Å². The van der Waals surface area contributed by atoms with E-state index in [1.165, 1.54) is 4.90 Å². The van der Waals surface area contributed by atoms with Crippen molar-refractivity contribution in [2.24, 2.45) is 0 Å². The van der Waals surface area contributed by atoms with Gasteiger partial charge in [0.05, 0.1) is 5.69 Å². The molecule has 194 valence electrons. The maximum Gasteiger partial charge on any atom is 0.410 e. The number of nitrogens with one attached hydrogen (secondary N) is 2. The number of nitrogens with zero attached hydrogens (tertiary/aromatic N) is 2. The molecule has 2 amide bonds. The molecule has 2 N–H and O–H groups in total. The highest BCUT2D eigenvalue weighted by molar-refractivity contribution is 6.02. The van der Waals surface area contributed by atoms with Crippen LogP contribution in [0.3, 0.4) is 0 Å². The molecule has 8 heteroatoms. The number of aromatic amines is 1. The van der Waals surface area contributed by atoms with Crippen molar-refractivity contribution < 1.29 is 19.1 Å². The number of carbonyl (C=O) groups is 3. The Morgan fingerprint density at radius 1 is 1.11 bits per heavy atom. The van der Waals surface area contributed by atoms with Crippen molar-refractivity contribution in [3.63, 3.8) is 0 Å². The number of pyridine rings is 1. The first kappa shape index (κ1) is 26.1. The highest BCUT2D eigenvalue weighted by Gasteiger charge is 2.32. The van der Waals surface area contributed by atoms with Crippen LogP contribution in [0.1, 0.15) is 60.8 Å². The third kappa shape index (κ3) is 6.64. The Balaban J connectivity index is 1.47. The highest BCUT2D eigenvalue weighted by atomic mass is 16.6. The maximum atomic E-state index is 13.4. The molecule has 0 fully saturated rings. The third-order valence-corrected chi connectivity index (χ3v) is 6.28. The van der Waals surface area contributed by atoms with Crippen molar-refractivity contribution in [1.29, 1.82) is 0 Å². The number of ether oxygens (including phenoxy) is 1. The molecule has 1 aromatic carbocycles. The summed E-state index contributed by atoms with van der Waals surface area (Å²) in [6.45, 7) is 5.62. The van der Waals surface area contributed by atoms with Crippen molar-refractivity contribution in [2.45, 2.75) is 58.1 Å². The van der Waals surface area contributed by atoms with Crippen molar-refractivity contribution in [3.8, 4) is 11.3 Å². The van der Waals surface area contributed by atoms with Crippen molar-refractivity contribution in [3.05, 3.63) is 77.2 Å². The molecular weight excluding hydrogens is 468 g/mol.